The Morgan fingerprint density at radius 1 is 1.58 bits per heavy atom. The van der Waals surface area contributed by atoms with Crippen LogP contribution in [0.25, 0.3) is 6.08 Å². The molecule has 1 unspecified atom stereocenters. The number of aromatic nitrogens is 1. The minimum absolute atomic E-state index is 0.470. The lowest BCUT2D eigenvalue weighted by Gasteiger charge is -2.23. The van der Waals surface area contributed by atoms with E-state index in [-0.39, 0.29) is 0 Å². The average Bonchev–Trinajstić information content (AvgIpc) is 2.49. The maximum atomic E-state index is 5.26. The van der Waals surface area contributed by atoms with Crippen LogP contribution in [0.2, 0.25) is 0 Å². The first-order chi connectivity index (χ1) is 5.81. The number of hydrogen-bond acceptors (Lipinski definition) is 1. The number of fused-ring (bicyclic) bond motifs is 1. The van der Waals surface area contributed by atoms with Crippen molar-refractivity contribution in [2.45, 2.75) is 13.3 Å². The van der Waals surface area contributed by atoms with Crippen molar-refractivity contribution in [2.24, 2.45) is 5.92 Å². The van der Waals surface area contributed by atoms with Crippen molar-refractivity contribution in [1.29, 1.82) is 0 Å². The van der Waals surface area contributed by atoms with E-state index < -0.39 is 0 Å². The van der Waals surface area contributed by atoms with Crippen LogP contribution in [0.5, 0.6) is 0 Å². The summed E-state index contributed by atoms with van der Waals surface area (Å²) in [5, 5.41) is 0. The summed E-state index contributed by atoms with van der Waals surface area (Å²) in [6.07, 6.45) is 4.94. The van der Waals surface area contributed by atoms with Gasteiger partial charge >= 0.3 is 0 Å². The zero-order chi connectivity index (χ0) is 8.55. The van der Waals surface area contributed by atoms with E-state index in [1.165, 1.54) is 11.3 Å². The van der Waals surface area contributed by atoms with Crippen molar-refractivity contribution in [2.75, 3.05) is 7.11 Å². The first kappa shape index (κ1) is 7.47. The van der Waals surface area contributed by atoms with Gasteiger partial charge in [0.2, 0.25) is 0 Å². The molecule has 0 N–H and O–H groups in total. The fourth-order valence-electron chi connectivity index (χ4n) is 1.63. The molecular formula is C10H12NO-. The molecule has 2 heteroatoms. The molecule has 2 rings (SSSR count). The standard InChI is InChI=1S/C10H12NO/c1-7-5-9-8(3-4-11-9)6-10(7)12-2/h3-4,6-7H,5H2,1-2H3/q-1. The second-order valence-corrected chi connectivity index (χ2v) is 3.20. The molecule has 12 heavy (non-hydrogen) atoms. The minimum Gasteiger partial charge on any atom is -0.667 e. The summed E-state index contributed by atoms with van der Waals surface area (Å²) < 4.78 is 5.26. The van der Waals surface area contributed by atoms with Crippen molar-refractivity contribution in [3.63, 3.8) is 0 Å². The van der Waals surface area contributed by atoms with Gasteiger partial charge in [-0.05, 0) is 18.1 Å². The highest BCUT2D eigenvalue weighted by atomic mass is 16.5. The summed E-state index contributed by atoms with van der Waals surface area (Å²) in [6.45, 7) is 2.16. The summed E-state index contributed by atoms with van der Waals surface area (Å²) in [5.41, 5.74) is 2.41. The molecule has 1 heterocycles. The highest BCUT2D eigenvalue weighted by molar-refractivity contribution is 5.57. The molecule has 0 radical (unpaired) electrons. The normalized spacial score (nSPS) is 21.5. The highest BCUT2D eigenvalue weighted by Gasteiger charge is 2.14. The molecule has 64 valence electrons. The van der Waals surface area contributed by atoms with Gasteiger partial charge in [0, 0.05) is 5.92 Å². The smallest absolute Gasteiger partial charge is 0.0991 e. The number of rotatable bonds is 1. The minimum atomic E-state index is 0.470. The van der Waals surface area contributed by atoms with Crippen molar-refractivity contribution in [1.82, 2.24) is 4.98 Å². The SMILES string of the molecule is COC1=Cc2cc[n-]c2CC1C. The van der Waals surface area contributed by atoms with Crippen molar-refractivity contribution >= 4 is 6.08 Å². The van der Waals surface area contributed by atoms with Crippen LogP contribution in [0.3, 0.4) is 0 Å². The van der Waals surface area contributed by atoms with Gasteiger partial charge in [0.25, 0.3) is 0 Å². The number of ether oxygens (including phenoxy) is 1. The maximum Gasteiger partial charge on any atom is 0.0991 e. The summed E-state index contributed by atoms with van der Waals surface area (Å²) >= 11 is 0. The molecule has 1 aromatic heterocycles. The fraction of sp³-hybridized carbons (Fsp3) is 0.400. The zero-order valence-corrected chi connectivity index (χ0v) is 7.37. The van der Waals surface area contributed by atoms with Gasteiger partial charge in [-0.1, -0.05) is 13.0 Å². The van der Waals surface area contributed by atoms with Crippen LogP contribution in [0.15, 0.2) is 18.0 Å². The molecule has 1 aromatic rings. The molecule has 0 amide bonds. The number of nitrogens with zero attached hydrogens (tertiary/aromatic N) is 1. The van der Waals surface area contributed by atoms with Crippen molar-refractivity contribution in [3.8, 4) is 0 Å². The van der Waals surface area contributed by atoms with Crippen LogP contribution >= 0.6 is 0 Å². The van der Waals surface area contributed by atoms with E-state index in [1.54, 1.807) is 7.11 Å². The Morgan fingerprint density at radius 2 is 2.42 bits per heavy atom. The third kappa shape index (κ3) is 1.04. The Kier molecular flexibility index (Phi) is 1.68. The largest absolute Gasteiger partial charge is 0.667 e. The predicted molar refractivity (Wildman–Crippen MR) is 47.6 cm³/mol. The van der Waals surface area contributed by atoms with Gasteiger partial charge in [-0.2, -0.15) is 11.9 Å². The summed E-state index contributed by atoms with van der Waals surface area (Å²) in [4.78, 5) is 4.28. The van der Waals surface area contributed by atoms with Gasteiger partial charge in [-0.3, -0.25) is 0 Å². The second kappa shape index (κ2) is 2.70. The molecule has 0 spiro atoms. The molecule has 0 aliphatic heterocycles. The fourth-order valence-corrected chi connectivity index (χ4v) is 1.63. The lowest BCUT2D eigenvalue weighted by Crippen LogP contribution is -2.11. The van der Waals surface area contributed by atoms with E-state index in [0.29, 0.717) is 5.92 Å². The van der Waals surface area contributed by atoms with Crippen LogP contribution in [-0.2, 0) is 11.2 Å². The Balaban J connectivity index is 2.40. The molecule has 0 aromatic carbocycles. The first-order valence-electron chi connectivity index (χ1n) is 4.17. The van der Waals surface area contributed by atoms with Crippen LogP contribution in [0, 0.1) is 5.92 Å². The van der Waals surface area contributed by atoms with Crippen LogP contribution in [-0.4, -0.2) is 7.11 Å². The van der Waals surface area contributed by atoms with Gasteiger partial charge in [-0.25, -0.2) is 0 Å². The molecule has 1 aliphatic rings. The third-order valence-corrected chi connectivity index (χ3v) is 2.34. The first-order valence-corrected chi connectivity index (χ1v) is 4.17. The summed E-state index contributed by atoms with van der Waals surface area (Å²) in [5.74, 6) is 1.54. The molecule has 1 aliphatic carbocycles. The molecule has 0 fully saturated rings. The van der Waals surface area contributed by atoms with Crippen LogP contribution < -0.4 is 4.98 Å². The van der Waals surface area contributed by atoms with Crippen molar-refractivity contribution in [3.05, 3.63) is 29.3 Å². The highest BCUT2D eigenvalue weighted by Crippen LogP contribution is 2.26. The van der Waals surface area contributed by atoms with Gasteiger partial charge in [0.1, 0.15) is 0 Å². The van der Waals surface area contributed by atoms with E-state index in [2.05, 4.69) is 18.0 Å². The van der Waals surface area contributed by atoms with E-state index in [4.69, 9.17) is 4.74 Å². The molecule has 0 saturated carbocycles. The monoisotopic (exact) mass is 162 g/mol. The summed E-state index contributed by atoms with van der Waals surface area (Å²) in [6, 6.07) is 2.03. The van der Waals surface area contributed by atoms with E-state index in [9.17, 15) is 0 Å². The van der Waals surface area contributed by atoms with Crippen LogP contribution in [0.1, 0.15) is 18.2 Å². The average molecular weight is 162 g/mol. The summed E-state index contributed by atoms with van der Waals surface area (Å²) in [7, 11) is 1.73. The number of hydrogen-bond donors (Lipinski definition) is 0. The Morgan fingerprint density at radius 3 is 3.17 bits per heavy atom. The van der Waals surface area contributed by atoms with E-state index in [0.717, 1.165) is 12.2 Å². The number of allylic oxidation sites excluding steroid dienone is 1. The second-order valence-electron chi connectivity index (χ2n) is 3.20. The van der Waals surface area contributed by atoms with Gasteiger partial charge < -0.3 is 9.72 Å². The molecule has 2 nitrogen and oxygen atoms in total. The van der Waals surface area contributed by atoms with Gasteiger partial charge in [0.15, 0.2) is 0 Å². The number of methoxy groups -OCH3 is 1. The quantitative estimate of drug-likeness (QED) is 0.628. The molecule has 0 saturated heterocycles. The third-order valence-electron chi connectivity index (χ3n) is 2.34. The Labute approximate surface area is 72.2 Å². The van der Waals surface area contributed by atoms with Gasteiger partial charge in [0.05, 0.1) is 12.9 Å². The lowest BCUT2D eigenvalue weighted by atomic mass is 9.94. The Hall–Kier alpha value is -1.18. The molecular weight excluding hydrogens is 150 g/mol. The Bertz CT molecular complexity index is 311. The molecule has 1 atom stereocenters. The van der Waals surface area contributed by atoms with Crippen molar-refractivity contribution < 1.29 is 4.74 Å². The van der Waals surface area contributed by atoms with Gasteiger partial charge in [-0.15, -0.1) is 0 Å². The van der Waals surface area contributed by atoms with Crippen LogP contribution in [0.4, 0.5) is 0 Å². The molecule has 0 bridgehead atoms. The van der Waals surface area contributed by atoms with E-state index >= 15 is 0 Å². The van der Waals surface area contributed by atoms with E-state index in [1.807, 2.05) is 12.3 Å². The maximum absolute atomic E-state index is 5.26. The lowest BCUT2D eigenvalue weighted by molar-refractivity contribution is 0.248. The predicted octanol–water partition coefficient (Wildman–Crippen LogP) is 1.82. The zero-order valence-electron chi connectivity index (χ0n) is 7.37. The topological polar surface area (TPSA) is 23.3 Å².